The van der Waals surface area contributed by atoms with Crippen molar-refractivity contribution in [3.05, 3.63) is 17.2 Å². The standard InChI is InChI=1S/C14H16O9/c1-21-14(20)4-2-5(16)11-13(23-11)7(4)12-10(19)9(18)8(17)6(3-15)22-12/h2,6,8-10,12,15-19H,3H2,1H3. The van der Waals surface area contributed by atoms with E-state index in [4.69, 9.17) is 9.47 Å². The predicted molar refractivity (Wildman–Crippen MR) is 72.2 cm³/mol. The van der Waals surface area contributed by atoms with Crippen molar-refractivity contribution in [2.75, 3.05) is 13.7 Å². The third kappa shape index (κ3) is 2.42. The molecule has 5 unspecified atom stereocenters. The molecular formula is C14H16O9. The zero-order valence-electron chi connectivity index (χ0n) is 12.0. The summed E-state index contributed by atoms with van der Waals surface area (Å²) in [5, 5.41) is 48.8. The van der Waals surface area contributed by atoms with Crippen LogP contribution in [0, 0.1) is 0 Å². The maximum Gasteiger partial charge on any atom is 0.338 e. The molecule has 1 aromatic carbocycles. The van der Waals surface area contributed by atoms with Crippen LogP contribution in [0.15, 0.2) is 6.07 Å². The highest BCUT2D eigenvalue weighted by Crippen LogP contribution is 2.58. The van der Waals surface area contributed by atoms with Crippen molar-refractivity contribution in [2.45, 2.75) is 30.5 Å². The van der Waals surface area contributed by atoms with Crippen molar-refractivity contribution in [3.63, 3.8) is 0 Å². The van der Waals surface area contributed by atoms with Crippen LogP contribution in [0.3, 0.4) is 0 Å². The van der Waals surface area contributed by atoms with E-state index >= 15 is 0 Å². The van der Waals surface area contributed by atoms with Crippen LogP contribution in [-0.4, -0.2) is 69.6 Å². The Hall–Kier alpha value is -1.91. The van der Waals surface area contributed by atoms with Gasteiger partial charge < -0.3 is 39.7 Å². The Balaban J connectivity index is 2.06. The molecule has 0 bridgehead atoms. The minimum atomic E-state index is -1.60. The molecule has 2 heterocycles. The number of esters is 1. The molecule has 9 heteroatoms. The van der Waals surface area contributed by atoms with Crippen molar-refractivity contribution >= 4 is 5.97 Å². The number of phenols is 1. The largest absolute Gasteiger partial charge is 0.504 e. The number of methoxy groups -OCH3 is 1. The second-order valence-corrected chi connectivity index (χ2v) is 5.36. The highest BCUT2D eigenvalue weighted by atomic mass is 16.6. The summed E-state index contributed by atoms with van der Waals surface area (Å²) in [5.41, 5.74) is -0.0212. The van der Waals surface area contributed by atoms with E-state index in [0.717, 1.165) is 13.2 Å². The van der Waals surface area contributed by atoms with Gasteiger partial charge in [0.15, 0.2) is 11.5 Å². The van der Waals surface area contributed by atoms with Gasteiger partial charge in [-0.1, -0.05) is 0 Å². The Morgan fingerprint density at radius 1 is 1.22 bits per heavy atom. The van der Waals surface area contributed by atoms with Crippen molar-refractivity contribution in [1.82, 2.24) is 0 Å². The van der Waals surface area contributed by atoms with E-state index in [-0.39, 0.29) is 28.4 Å². The molecule has 1 saturated heterocycles. The lowest BCUT2D eigenvalue weighted by Crippen LogP contribution is -2.55. The van der Waals surface area contributed by atoms with Crippen LogP contribution >= 0.6 is 0 Å². The van der Waals surface area contributed by atoms with Gasteiger partial charge in [-0.15, -0.1) is 0 Å². The summed E-state index contributed by atoms with van der Waals surface area (Å²) in [4.78, 5) is 11.9. The summed E-state index contributed by atoms with van der Waals surface area (Å²) in [5.74, 6) is -0.807. The highest BCUT2D eigenvalue weighted by molar-refractivity contribution is 5.95. The number of carbonyl (C=O) groups is 1. The SMILES string of the molecule is COC(=O)c1cc(O)c2c(c1C1OC(CO)C(O)C(O)C1O)O2. The smallest absolute Gasteiger partial charge is 0.338 e. The van der Waals surface area contributed by atoms with Crippen LogP contribution in [-0.2, 0) is 9.47 Å². The third-order valence-electron chi connectivity index (χ3n) is 4.00. The van der Waals surface area contributed by atoms with Gasteiger partial charge in [0.05, 0.1) is 19.3 Å². The summed E-state index contributed by atoms with van der Waals surface area (Å²) in [6.45, 7) is -0.601. The monoisotopic (exact) mass is 328 g/mol. The molecule has 0 radical (unpaired) electrons. The molecule has 0 aliphatic carbocycles. The van der Waals surface area contributed by atoms with Gasteiger partial charge in [-0.2, -0.15) is 0 Å². The molecule has 126 valence electrons. The van der Waals surface area contributed by atoms with Gasteiger partial charge in [-0.25, -0.2) is 4.79 Å². The predicted octanol–water partition coefficient (Wildman–Crippen LogP) is -1.20. The number of hydrogen-bond acceptors (Lipinski definition) is 9. The zero-order valence-corrected chi connectivity index (χ0v) is 12.0. The minimum Gasteiger partial charge on any atom is -0.504 e. The molecule has 0 aromatic heterocycles. The van der Waals surface area contributed by atoms with E-state index in [2.05, 4.69) is 4.74 Å². The lowest BCUT2D eigenvalue weighted by molar-refractivity contribution is -0.231. The van der Waals surface area contributed by atoms with E-state index in [1.807, 2.05) is 0 Å². The second kappa shape index (κ2) is 5.62. The first-order chi connectivity index (χ1) is 10.9. The Kier molecular flexibility index (Phi) is 3.90. The lowest BCUT2D eigenvalue weighted by Gasteiger charge is -2.40. The molecule has 3 rings (SSSR count). The van der Waals surface area contributed by atoms with Crippen LogP contribution in [0.2, 0.25) is 0 Å². The number of aliphatic hydroxyl groups is 4. The maximum atomic E-state index is 11.9. The molecule has 2 aliphatic rings. The number of rotatable bonds is 3. The van der Waals surface area contributed by atoms with E-state index in [9.17, 15) is 30.3 Å². The molecule has 0 amide bonds. The molecule has 5 atom stereocenters. The lowest BCUT2D eigenvalue weighted by atomic mass is 9.89. The Morgan fingerprint density at radius 3 is 2.52 bits per heavy atom. The fourth-order valence-corrected chi connectivity index (χ4v) is 2.73. The molecule has 2 aliphatic heterocycles. The van der Waals surface area contributed by atoms with E-state index < -0.39 is 43.1 Å². The van der Waals surface area contributed by atoms with Gasteiger partial charge in [0.1, 0.15) is 30.5 Å². The molecule has 0 saturated carbocycles. The molecule has 0 spiro atoms. The number of carbonyl (C=O) groups excluding carboxylic acids is 1. The molecule has 1 aromatic rings. The first kappa shape index (κ1) is 16.0. The molecule has 9 nitrogen and oxygen atoms in total. The Morgan fingerprint density at radius 2 is 1.91 bits per heavy atom. The first-order valence-corrected chi connectivity index (χ1v) is 6.87. The number of phenolic OH excluding ortho intramolecular Hbond substituents is 1. The molecule has 23 heavy (non-hydrogen) atoms. The fraction of sp³-hybridized carbons (Fsp3) is 0.500. The van der Waals surface area contributed by atoms with Crippen LogP contribution in [0.4, 0.5) is 0 Å². The maximum absolute atomic E-state index is 11.9. The van der Waals surface area contributed by atoms with E-state index in [1.165, 1.54) is 0 Å². The van der Waals surface area contributed by atoms with E-state index in [0.29, 0.717) is 0 Å². The number of benzene rings is 1. The van der Waals surface area contributed by atoms with E-state index in [1.54, 1.807) is 0 Å². The molecule has 5 N–H and O–H groups in total. The zero-order chi connectivity index (χ0) is 16.9. The summed E-state index contributed by atoms with van der Waals surface area (Å²) in [6, 6.07) is 1.11. The Bertz CT molecular complexity index is 642. The second-order valence-electron chi connectivity index (χ2n) is 5.36. The quantitative estimate of drug-likeness (QED) is 0.346. The summed E-state index contributed by atoms with van der Waals surface area (Å²) in [6.07, 6.45) is -7.08. The third-order valence-corrected chi connectivity index (χ3v) is 4.00. The van der Waals surface area contributed by atoms with Crippen LogP contribution < -0.4 is 4.74 Å². The van der Waals surface area contributed by atoms with Crippen LogP contribution in [0.25, 0.3) is 0 Å². The number of hydrogen-bond donors (Lipinski definition) is 5. The number of aromatic hydroxyl groups is 1. The van der Waals surface area contributed by atoms with Crippen molar-refractivity contribution in [2.24, 2.45) is 0 Å². The van der Waals surface area contributed by atoms with Gasteiger partial charge in [0.2, 0.25) is 5.75 Å². The molecule has 1 fully saturated rings. The molecular weight excluding hydrogens is 312 g/mol. The normalized spacial score (nSPS) is 32.0. The number of fused-ring (bicyclic) bond motifs is 1. The van der Waals surface area contributed by atoms with Gasteiger partial charge >= 0.3 is 5.97 Å². The Labute approximate surface area is 130 Å². The van der Waals surface area contributed by atoms with Gasteiger partial charge in [0.25, 0.3) is 0 Å². The summed E-state index contributed by atoms with van der Waals surface area (Å²) < 4.78 is 15.2. The summed E-state index contributed by atoms with van der Waals surface area (Å²) >= 11 is 0. The first-order valence-electron chi connectivity index (χ1n) is 6.87. The topological polar surface area (TPSA) is 149 Å². The van der Waals surface area contributed by atoms with Gasteiger partial charge in [-0.05, 0) is 6.07 Å². The average molecular weight is 328 g/mol. The van der Waals surface area contributed by atoms with Gasteiger partial charge in [0, 0.05) is 5.56 Å². The summed E-state index contributed by atoms with van der Waals surface area (Å²) in [7, 11) is 1.14. The average Bonchev–Trinajstić information content (AvgIpc) is 3.34. The number of aliphatic hydroxyl groups excluding tert-OH is 4. The van der Waals surface area contributed by atoms with Crippen LogP contribution in [0.5, 0.6) is 17.2 Å². The van der Waals surface area contributed by atoms with Crippen LogP contribution in [0.1, 0.15) is 22.0 Å². The number of ether oxygens (including phenoxy) is 3. The van der Waals surface area contributed by atoms with Gasteiger partial charge in [-0.3, -0.25) is 0 Å². The minimum absolute atomic E-state index is 0.0848. The van der Waals surface area contributed by atoms with Crippen molar-refractivity contribution in [1.29, 1.82) is 0 Å². The highest BCUT2D eigenvalue weighted by Gasteiger charge is 2.48. The van der Waals surface area contributed by atoms with Crippen molar-refractivity contribution < 1.29 is 44.5 Å². The fourth-order valence-electron chi connectivity index (χ4n) is 2.73. The van der Waals surface area contributed by atoms with Crippen molar-refractivity contribution in [3.8, 4) is 17.2 Å².